The summed E-state index contributed by atoms with van der Waals surface area (Å²) in [4.78, 5) is 13.3. The largest absolute Gasteiger partial charge is 0.325 e. The lowest BCUT2D eigenvalue weighted by Gasteiger charge is -2.55. The van der Waals surface area contributed by atoms with E-state index in [0.29, 0.717) is 5.91 Å². The van der Waals surface area contributed by atoms with Crippen LogP contribution in [0.1, 0.15) is 63.5 Å². The van der Waals surface area contributed by atoms with Gasteiger partial charge in [0.25, 0.3) is 0 Å². The normalized spacial score (nSPS) is 34.6. The summed E-state index contributed by atoms with van der Waals surface area (Å²) in [7, 11) is 0. The van der Waals surface area contributed by atoms with Crippen LogP contribution >= 0.6 is 0 Å². The molecule has 4 saturated carbocycles. The average Bonchev–Trinajstić information content (AvgIpc) is 2.53. The van der Waals surface area contributed by atoms with Gasteiger partial charge in [-0.15, -0.1) is 0 Å². The van der Waals surface area contributed by atoms with Gasteiger partial charge in [0, 0.05) is 5.69 Å². The van der Waals surface area contributed by atoms with Crippen molar-refractivity contribution in [3.8, 4) is 0 Å². The lowest BCUT2D eigenvalue weighted by Crippen LogP contribution is -2.51. The quantitative estimate of drug-likeness (QED) is 0.836. The second-order valence-corrected chi connectivity index (χ2v) is 8.31. The first-order valence-electron chi connectivity index (χ1n) is 9.55. The number of hydrogen-bond donors (Lipinski definition) is 1. The monoisotopic (exact) mass is 311 g/mol. The molecule has 0 aliphatic heterocycles. The molecule has 0 atom stereocenters. The fourth-order valence-corrected chi connectivity index (χ4v) is 6.04. The summed E-state index contributed by atoms with van der Waals surface area (Å²) in [5, 5.41) is 3.40. The van der Waals surface area contributed by atoms with E-state index >= 15 is 0 Å². The molecule has 1 N–H and O–H groups in total. The molecule has 0 saturated heterocycles. The van der Waals surface area contributed by atoms with E-state index in [-0.39, 0.29) is 5.41 Å². The highest BCUT2D eigenvalue weighted by atomic mass is 16.2. The maximum Gasteiger partial charge on any atom is 0.230 e. The van der Waals surface area contributed by atoms with Crippen LogP contribution in [0.2, 0.25) is 0 Å². The van der Waals surface area contributed by atoms with Crippen LogP contribution in [-0.2, 0) is 17.6 Å². The lowest BCUT2D eigenvalue weighted by molar-refractivity contribution is -0.140. The Bertz CT molecular complexity index is 561. The summed E-state index contributed by atoms with van der Waals surface area (Å²) >= 11 is 0. The number of rotatable bonds is 4. The molecule has 0 aromatic heterocycles. The Kier molecular flexibility index (Phi) is 3.74. The zero-order valence-electron chi connectivity index (χ0n) is 14.5. The number of carbonyl (C=O) groups is 1. The van der Waals surface area contributed by atoms with E-state index in [2.05, 4.69) is 37.4 Å². The summed E-state index contributed by atoms with van der Waals surface area (Å²) in [6.07, 6.45) is 9.53. The number of anilines is 1. The maximum atomic E-state index is 13.3. The molecular formula is C21H29NO. The average molecular weight is 311 g/mol. The summed E-state index contributed by atoms with van der Waals surface area (Å²) in [5.41, 5.74) is 3.61. The van der Waals surface area contributed by atoms with Crippen molar-refractivity contribution < 1.29 is 4.79 Å². The minimum absolute atomic E-state index is 0.0549. The van der Waals surface area contributed by atoms with Crippen molar-refractivity contribution in [2.45, 2.75) is 65.2 Å². The van der Waals surface area contributed by atoms with E-state index in [1.807, 2.05) is 0 Å². The van der Waals surface area contributed by atoms with Crippen molar-refractivity contribution in [2.24, 2.45) is 23.2 Å². The van der Waals surface area contributed by atoms with Crippen LogP contribution < -0.4 is 5.32 Å². The second kappa shape index (κ2) is 5.65. The molecule has 0 unspecified atom stereocenters. The molecule has 124 valence electrons. The highest BCUT2D eigenvalue weighted by molar-refractivity contribution is 5.97. The van der Waals surface area contributed by atoms with Gasteiger partial charge in [-0.05, 0) is 80.2 Å². The Morgan fingerprint density at radius 1 is 1.00 bits per heavy atom. The summed E-state index contributed by atoms with van der Waals surface area (Å²) < 4.78 is 0. The Hall–Kier alpha value is -1.31. The zero-order chi connectivity index (χ0) is 16.0. The fraction of sp³-hybridized carbons (Fsp3) is 0.667. The van der Waals surface area contributed by atoms with Crippen molar-refractivity contribution in [3.63, 3.8) is 0 Å². The van der Waals surface area contributed by atoms with Gasteiger partial charge in [-0.25, -0.2) is 0 Å². The molecule has 4 bridgehead atoms. The molecule has 5 rings (SSSR count). The number of benzene rings is 1. The Morgan fingerprint density at radius 3 is 1.91 bits per heavy atom. The lowest BCUT2D eigenvalue weighted by atomic mass is 9.49. The van der Waals surface area contributed by atoms with Gasteiger partial charge in [-0.2, -0.15) is 0 Å². The van der Waals surface area contributed by atoms with E-state index in [4.69, 9.17) is 0 Å². The van der Waals surface area contributed by atoms with E-state index in [9.17, 15) is 4.79 Å². The predicted octanol–water partition coefficient (Wildman–Crippen LogP) is 4.97. The van der Waals surface area contributed by atoms with Crippen molar-refractivity contribution in [1.82, 2.24) is 0 Å². The molecular weight excluding hydrogens is 282 g/mol. The van der Waals surface area contributed by atoms with Crippen LogP contribution in [0.5, 0.6) is 0 Å². The predicted molar refractivity (Wildman–Crippen MR) is 94.4 cm³/mol. The van der Waals surface area contributed by atoms with Gasteiger partial charge < -0.3 is 5.32 Å². The van der Waals surface area contributed by atoms with E-state index in [1.54, 1.807) is 0 Å². The topological polar surface area (TPSA) is 29.1 Å². The van der Waals surface area contributed by atoms with Crippen molar-refractivity contribution in [3.05, 3.63) is 29.3 Å². The number of amides is 1. The van der Waals surface area contributed by atoms with E-state index < -0.39 is 0 Å². The maximum absolute atomic E-state index is 13.3. The molecule has 2 heteroatoms. The van der Waals surface area contributed by atoms with Gasteiger partial charge >= 0.3 is 0 Å². The second-order valence-electron chi connectivity index (χ2n) is 8.31. The highest BCUT2D eigenvalue weighted by Gasteiger charge is 2.54. The first-order valence-corrected chi connectivity index (χ1v) is 9.55. The van der Waals surface area contributed by atoms with Crippen LogP contribution in [-0.4, -0.2) is 5.91 Å². The molecule has 0 radical (unpaired) electrons. The smallest absolute Gasteiger partial charge is 0.230 e. The number of para-hydroxylation sites is 1. The summed E-state index contributed by atoms with van der Waals surface area (Å²) in [5.74, 6) is 2.78. The number of aryl methyl sites for hydroxylation is 2. The number of hydrogen-bond acceptors (Lipinski definition) is 1. The first kappa shape index (κ1) is 15.2. The molecule has 4 fully saturated rings. The fourth-order valence-electron chi connectivity index (χ4n) is 6.04. The molecule has 0 spiro atoms. The SMILES string of the molecule is CCc1cccc(CC)c1NC(=O)C12CC3CC(CC(C3)C1)C2. The van der Waals surface area contributed by atoms with E-state index in [1.165, 1.54) is 30.4 Å². The van der Waals surface area contributed by atoms with Crippen molar-refractivity contribution in [2.75, 3.05) is 5.32 Å². The van der Waals surface area contributed by atoms with Gasteiger partial charge in [0.15, 0.2) is 0 Å². The van der Waals surface area contributed by atoms with Gasteiger partial charge in [0.2, 0.25) is 5.91 Å². The number of nitrogens with one attached hydrogen (secondary N) is 1. The van der Waals surface area contributed by atoms with Gasteiger partial charge in [0.1, 0.15) is 0 Å². The Labute approximate surface area is 140 Å². The van der Waals surface area contributed by atoms with Crippen LogP contribution in [0.3, 0.4) is 0 Å². The third-order valence-corrected chi connectivity index (χ3v) is 6.76. The Morgan fingerprint density at radius 2 is 1.48 bits per heavy atom. The van der Waals surface area contributed by atoms with Crippen molar-refractivity contribution >= 4 is 11.6 Å². The zero-order valence-corrected chi connectivity index (χ0v) is 14.5. The number of carbonyl (C=O) groups excluding carboxylic acids is 1. The third kappa shape index (κ3) is 2.51. The van der Waals surface area contributed by atoms with Crippen LogP contribution in [0.25, 0.3) is 0 Å². The minimum atomic E-state index is -0.0549. The molecule has 1 aromatic carbocycles. The summed E-state index contributed by atoms with van der Waals surface area (Å²) in [6.45, 7) is 4.35. The summed E-state index contributed by atoms with van der Waals surface area (Å²) in [6, 6.07) is 6.45. The van der Waals surface area contributed by atoms with Gasteiger partial charge in [-0.3, -0.25) is 4.79 Å². The van der Waals surface area contributed by atoms with Crippen LogP contribution in [0.4, 0.5) is 5.69 Å². The molecule has 4 aliphatic carbocycles. The third-order valence-electron chi connectivity index (χ3n) is 6.76. The molecule has 23 heavy (non-hydrogen) atoms. The van der Waals surface area contributed by atoms with Crippen LogP contribution in [0, 0.1) is 23.2 Å². The standard InChI is InChI=1S/C21H29NO/c1-3-17-6-5-7-18(4-2)19(17)22-20(23)21-11-14-8-15(12-21)10-16(9-14)13-21/h5-7,14-16H,3-4,8-13H2,1-2H3,(H,22,23). The van der Waals surface area contributed by atoms with Gasteiger partial charge in [0.05, 0.1) is 5.41 Å². The minimum Gasteiger partial charge on any atom is -0.325 e. The Balaban J connectivity index is 1.61. The van der Waals surface area contributed by atoms with Crippen molar-refractivity contribution in [1.29, 1.82) is 0 Å². The molecule has 1 aromatic rings. The molecule has 2 nitrogen and oxygen atoms in total. The molecule has 0 heterocycles. The van der Waals surface area contributed by atoms with E-state index in [0.717, 1.165) is 55.5 Å². The van der Waals surface area contributed by atoms with Gasteiger partial charge in [-0.1, -0.05) is 32.0 Å². The molecule has 4 aliphatic rings. The first-order chi connectivity index (χ1) is 11.1. The molecule has 1 amide bonds. The highest BCUT2D eigenvalue weighted by Crippen LogP contribution is 2.60. The van der Waals surface area contributed by atoms with Crippen LogP contribution in [0.15, 0.2) is 18.2 Å².